The summed E-state index contributed by atoms with van der Waals surface area (Å²) < 4.78 is 0. The molecule has 9 aromatic carbocycles. The van der Waals surface area contributed by atoms with Crippen molar-refractivity contribution >= 4 is 49.4 Å². The van der Waals surface area contributed by atoms with Gasteiger partial charge in [0.15, 0.2) is 0 Å². The van der Waals surface area contributed by atoms with Gasteiger partial charge in [0.2, 0.25) is 0 Å². The van der Waals surface area contributed by atoms with E-state index in [2.05, 4.69) is 207 Å². The first kappa shape index (κ1) is 30.4. The number of hydrogen-bond acceptors (Lipinski definition) is 1. The molecule has 246 valence electrons. The van der Waals surface area contributed by atoms with E-state index < -0.39 is 0 Å². The van der Waals surface area contributed by atoms with E-state index in [1.165, 1.54) is 76.8 Å². The maximum Gasteiger partial charge on any atom is 0.0546 e. The Morgan fingerprint density at radius 3 is 1.69 bits per heavy atom. The van der Waals surface area contributed by atoms with Gasteiger partial charge < -0.3 is 4.90 Å². The highest BCUT2D eigenvalue weighted by molar-refractivity contribution is 6.19. The van der Waals surface area contributed by atoms with E-state index >= 15 is 0 Å². The van der Waals surface area contributed by atoms with Gasteiger partial charge >= 0.3 is 0 Å². The van der Waals surface area contributed by atoms with Crippen molar-refractivity contribution in [1.29, 1.82) is 0 Å². The van der Waals surface area contributed by atoms with E-state index in [0.717, 1.165) is 17.1 Å². The summed E-state index contributed by atoms with van der Waals surface area (Å²) in [4.78, 5) is 2.43. The molecule has 0 heterocycles. The standard InChI is InChI=1S/C51H37N/c1-51(2)47-32-38-30-40(28-26-36(38)31-46(47)49-44-24-14-12-22-42(44)43-23-13-15-25-45(43)50(49)51)52(39-20-10-5-11-21-39)48-33-37(34-16-6-3-7-17-34)27-29-41(48)35-18-8-4-9-19-35/h3-33H,1-2H3. The molecule has 0 amide bonds. The second-order valence-corrected chi connectivity index (χ2v) is 14.5. The summed E-state index contributed by atoms with van der Waals surface area (Å²) in [6, 6.07) is 69.0. The minimum atomic E-state index is -0.165. The molecule has 0 saturated heterocycles. The van der Waals surface area contributed by atoms with Crippen molar-refractivity contribution in [2.45, 2.75) is 19.3 Å². The van der Waals surface area contributed by atoms with Gasteiger partial charge in [-0.05, 0) is 114 Å². The minimum Gasteiger partial charge on any atom is -0.310 e. The highest BCUT2D eigenvalue weighted by Gasteiger charge is 2.38. The van der Waals surface area contributed by atoms with E-state index in [-0.39, 0.29) is 5.41 Å². The van der Waals surface area contributed by atoms with Crippen molar-refractivity contribution in [3.63, 3.8) is 0 Å². The summed E-state index contributed by atoms with van der Waals surface area (Å²) >= 11 is 0. The maximum atomic E-state index is 2.47. The molecule has 0 radical (unpaired) electrons. The van der Waals surface area contributed by atoms with Crippen LogP contribution in [0.5, 0.6) is 0 Å². The number of benzene rings is 9. The van der Waals surface area contributed by atoms with Crippen LogP contribution in [0.1, 0.15) is 25.0 Å². The molecule has 1 aliphatic carbocycles. The van der Waals surface area contributed by atoms with Crippen LogP contribution in [0.3, 0.4) is 0 Å². The zero-order valence-electron chi connectivity index (χ0n) is 29.3. The third kappa shape index (κ3) is 4.70. The lowest BCUT2D eigenvalue weighted by atomic mass is 9.79. The molecule has 0 atom stereocenters. The number of fused-ring (bicyclic) bond motifs is 9. The van der Waals surface area contributed by atoms with E-state index in [9.17, 15) is 0 Å². The third-order valence-corrected chi connectivity index (χ3v) is 11.2. The van der Waals surface area contributed by atoms with Crippen LogP contribution in [0.2, 0.25) is 0 Å². The molecule has 0 saturated carbocycles. The van der Waals surface area contributed by atoms with Gasteiger partial charge in [0.05, 0.1) is 5.69 Å². The first-order chi connectivity index (χ1) is 25.6. The molecule has 0 fully saturated rings. The van der Waals surface area contributed by atoms with Gasteiger partial charge in [-0.1, -0.05) is 159 Å². The van der Waals surface area contributed by atoms with Crippen LogP contribution in [0.25, 0.3) is 65.7 Å². The monoisotopic (exact) mass is 663 g/mol. The van der Waals surface area contributed by atoms with Gasteiger partial charge in [-0.25, -0.2) is 0 Å². The van der Waals surface area contributed by atoms with Gasteiger partial charge in [0, 0.05) is 22.4 Å². The predicted octanol–water partition coefficient (Wildman–Crippen LogP) is 14.3. The summed E-state index contributed by atoms with van der Waals surface area (Å²) in [5, 5.41) is 7.83. The first-order valence-corrected chi connectivity index (χ1v) is 18.2. The highest BCUT2D eigenvalue weighted by atomic mass is 15.1. The molecule has 1 heteroatoms. The Hall–Kier alpha value is -6.44. The number of rotatable bonds is 5. The molecule has 10 rings (SSSR count). The smallest absolute Gasteiger partial charge is 0.0546 e. The molecule has 0 spiro atoms. The molecule has 0 unspecified atom stereocenters. The van der Waals surface area contributed by atoms with Crippen LogP contribution < -0.4 is 4.90 Å². The third-order valence-electron chi connectivity index (χ3n) is 11.2. The molecule has 0 N–H and O–H groups in total. The van der Waals surface area contributed by atoms with Gasteiger partial charge in [0.25, 0.3) is 0 Å². The summed E-state index contributed by atoms with van der Waals surface area (Å²) in [7, 11) is 0. The van der Waals surface area contributed by atoms with Gasteiger partial charge in [0.1, 0.15) is 0 Å². The van der Waals surface area contributed by atoms with Crippen molar-refractivity contribution in [1.82, 2.24) is 0 Å². The largest absolute Gasteiger partial charge is 0.310 e. The number of anilines is 3. The number of nitrogens with zero attached hydrogens (tertiary/aromatic N) is 1. The summed E-state index contributed by atoms with van der Waals surface area (Å²) in [5.74, 6) is 0. The van der Waals surface area contributed by atoms with Crippen LogP contribution in [0, 0.1) is 0 Å². The highest BCUT2D eigenvalue weighted by Crippen LogP contribution is 2.55. The van der Waals surface area contributed by atoms with Gasteiger partial charge in [-0.3, -0.25) is 0 Å². The summed E-state index contributed by atoms with van der Waals surface area (Å²) in [6.07, 6.45) is 0. The Bertz CT molecular complexity index is 2800. The van der Waals surface area contributed by atoms with Crippen molar-refractivity contribution < 1.29 is 0 Å². The number of para-hydroxylation sites is 1. The Morgan fingerprint density at radius 2 is 0.981 bits per heavy atom. The normalized spacial score (nSPS) is 13.0. The molecule has 0 aliphatic heterocycles. The van der Waals surface area contributed by atoms with Crippen LogP contribution in [-0.2, 0) is 5.41 Å². The SMILES string of the molecule is CC1(C)c2cc3cc(N(c4ccccc4)c4cc(-c5ccccc5)ccc4-c4ccccc4)ccc3cc2-c2c1c1ccccc1c1ccccc21. The Balaban J connectivity index is 1.21. The fourth-order valence-corrected chi connectivity index (χ4v) is 8.75. The molecule has 9 aromatic rings. The molecule has 0 bridgehead atoms. The molecule has 1 nitrogen and oxygen atoms in total. The van der Waals surface area contributed by atoms with E-state index in [4.69, 9.17) is 0 Å². The lowest BCUT2D eigenvalue weighted by molar-refractivity contribution is 0.667. The summed E-state index contributed by atoms with van der Waals surface area (Å²) in [5.41, 5.74) is 13.6. The lowest BCUT2D eigenvalue weighted by Crippen LogP contribution is -2.15. The zero-order valence-corrected chi connectivity index (χ0v) is 29.3. The zero-order chi connectivity index (χ0) is 34.8. The Morgan fingerprint density at radius 1 is 0.385 bits per heavy atom. The molecular weight excluding hydrogens is 627 g/mol. The van der Waals surface area contributed by atoms with Crippen molar-refractivity contribution in [3.05, 3.63) is 199 Å². The van der Waals surface area contributed by atoms with Crippen LogP contribution in [0.15, 0.2) is 188 Å². The average Bonchev–Trinajstić information content (AvgIpc) is 3.44. The lowest BCUT2D eigenvalue weighted by Gasteiger charge is -2.29. The molecule has 52 heavy (non-hydrogen) atoms. The molecular formula is C51H37N. The maximum absolute atomic E-state index is 2.47. The number of hydrogen-bond donors (Lipinski definition) is 0. The second kappa shape index (κ2) is 11.8. The second-order valence-electron chi connectivity index (χ2n) is 14.5. The van der Waals surface area contributed by atoms with Gasteiger partial charge in [-0.15, -0.1) is 0 Å². The summed E-state index contributed by atoms with van der Waals surface area (Å²) in [6.45, 7) is 4.82. The van der Waals surface area contributed by atoms with Crippen molar-refractivity contribution in [2.24, 2.45) is 0 Å². The van der Waals surface area contributed by atoms with Crippen LogP contribution in [0.4, 0.5) is 17.1 Å². The average molecular weight is 664 g/mol. The van der Waals surface area contributed by atoms with E-state index in [0.29, 0.717) is 0 Å². The van der Waals surface area contributed by atoms with Gasteiger partial charge in [-0.2, -0.15) is 0 Å². The van der Waals surface area contributed by atoms with E-state index in [1.54, 1.807) is 0 Å². The van der Waals surface area contributed by atoms with Crippen LogP contribution >= 0.6 is 0 Å². The fourth-order valence-electron chi connectivity index (χ4n) is 8.75. The fraction of sp³-hybridized carbons (Fsp3) is 0.0588. The van der Waals surface area contributed by atoms with E-state index in [1.807, 2.05) is 0 Å². The topological polar surface area (TPSA) is 3.24 Å². The van der Waals surface area contributed by atoms with Crippen molar-refractivity contribution in [2.75, 3.05) is 4.90 Å². The molecule has 0 aromatic heterocycles. The Kier molecular flexibility index (Phi) is 6.91. The Labute approximate surface area is 305 Å². The quantitative estimate of drug-likeness (QED) is 0.166. The van der Waals surface area contributed by atoms with Crippen molar-refractivity contribution in [3.8, 4) is 33.4 Å². The predicted molar refractivity (Wildman–Crippen MR) is 222 cm³/mol. The minimum absolute atomic E-state index is 0.165. The van der Waals surface area contributed by atoms with Crippen LogP contribution in [-0.4, -0.2) is 0 Å². The molecule has 1 aliphatic rings. The first-order valence-electron chi connectivity index (χ1n) is 18.2.